The van der Waals surface area contributed by atoms with E-state index in [0.29, 0.717) is 18.8 Å². The molecule has 3 heterocycles. The SMILES string of the molecule is CC(CCn1cccn1)NC(=O)c1ccc2c(c1)nc(N1CCOCC1)n2C. The van der Waals surface area contributed by atoms with Crippen LogP contribution < -0.4 is 10.2 Å². The molecule has 1 saturated heterocycles. The zero-order valence-electron chi connectivity index (χ0n) is 16.3. The van der Waals surface area contributed by atoms with Gasteiger partial charge in [-0.05, 0) is 37.6 Å². The Balaban J connectivity index is 1.45. The van der Waals surface area contributed by atoms with E-state index in [9.17, 15) is 4.79 Å². The van der Waals surface area contributed by atoms with E-state index in [1.165, 1.54) is 0 Å². The molecule has 1 N–H and O–H groups in total. The largest absolute Gasteiger partial charge is 0.378 e. The zero-order chi connectivity index (χ0) is 19.5. The monoisotopic (exact) mass is 382 g/mol. The van der Waals surface area contributed by atoms with Crippen LogP contribution in [-0.4, -0.2) is 57.6 Å². The summed E-state index contributed by atoms with van der Waals surface area (Å²) in [5, 5.41) is 7.26. The van der Waals surface area contributed by atoms with Crippen LogP contribution in [0, 0.1) is 0 Å². The lowest BCUT2D eigenvalue weighted by Gasteiger charge is -2.27. The Morgan fingerprint density at radius 1 is 1.32 bits per heavy atom. The Kier molecular flexibility index (Phi) is 5.29. The van der Waals surface area contributed by atoms with E-state index in [4.69, 9.17) is 9.72 Å². The molecule has 1 aliphatic rings. The van der Waals surface area contributed by atoms with Crippen LogP contribution in [0.2, 0.25) is 0 Å². The fourth-order valence-electron chi connectivity index (χ4n) is 3.51. The molecule has 1 unspecified atom stereocenters. The molecule has 0 bridgehead atoms. The number of carbonyl (C=O) groups is 1. The van der Waals surface area contributed by atoms with Crippen LogP contribution in [0.1, 0.15) is 23.7 Å². The Hall–Kier alpha value is -2.87. The van der Waals surface area contributed by atoms with Gasteiger partial charge in [-0.15, -0.1) is 0 Å². The number of aryl methyl sites for hydroxylation is 2. The average molecular weight is 382 g/mol. The van der Waals surface area contributed by atoms with Crippen molar-refractivity contribution in [3.05, 3.63) is 42.2 Å². The smallest absolute Gasteiger partial charge is 0.251 e. The standard InChI is InChI=1S/C20H26N6O2/c1-15(6-9-26-8-3-7-21-26)22-19(27)16-4-5-18-17(14-16)23-20(24(18)2)25-10-12-28-13-11-25/h3-5,7-8,14-15H,6,9-13H2,1-2H3,(H,22,27). The second-order valence-corrected chi connectivity index (χ2v) is 7.21. The van der Waals surface area contributed by atoms with Gasteiger partial charge in [0.15, 0.2) is 0 Å². The Bertz CT molecular complexity index is 943. The number of imidazole rings is 1. The second-order valence-electron chi connectivity index (χ2n) is 7.21. The van der Waals surface area contributed by atoms with E-state index < -0.39 is 0 Å². The Labute approximate surface area is 164 Å². The number of nitrogens with one attached hydrogen (secondary N) is 1. The van der Waals surface area contributed by atoms with Crippen molar-refractivity contribution >= 4 is 22.9 Å². The van der Waals surface area contributed by atoms with Crippen molar-refractivity contribution in [2.24, 2.45) is 7.05 Å². The van der Waals surface area contributed by atoms with Crippen molar-refractivity contribution in [2.75, 3.05) is 31.2 Å². The maximum Gasteiger partial charge on any atom is 0.251 e. The van der Waals surface area contributed by atoms with E-state index in [2.05, 4.69) is 19.9 Å². The van der Waals surface area contributed by atoms with Crippen molar-refractivity contribution in [2.45, 2.75) is 25.9 Å². The van der Waals surface area contributed by atoms with Crippen LogP contribution in [0.4, 0.5) is 5.95 Å². The first-order chi connectivity index (χ1) is 13.6. The van der Waals surface area contributed by atoms with Gasteiger partial charge in [0, 0.05) is 50.7 Å². The number of benzene rings is 1. The summed E-state index contributed by atoms with van der Waals surface area (Å²) in [4.78, 5) is 19.7. The molecule has 0 spiro atoms. The maximum atomic E-state index is 12.7. The number of ether oxygens (including phenoxy) is 1. The molecule has 8 nitrogen and oxygen atoms in total. The van der Waals surface area contributed by atoms with Gasteiger partial charge in [-0.1, -0.05) is 0 Å². The average Bonchev–Trinajstić information content (AvgIpc) is 3.35. The fourth-order valence-corrected chi connectivity index (χ4v) is 3.51. The highest BCUT2D eigenvalue weighted by Gasteiger charge is 2.19. The molecule has 28 heavy (non-hydrogen) atoms. The fraction of sp³-hybridized carbons (Fsp3) is 0.450. The lowest BCUT2D eigenvalue weighted by Crippen LogP contribution is -2.37. The summed E-state index contributed by atoms with van der Waals surface area (Å²) in [6, 6.07) is 7.66. The van der Waals surface area contributed by atoms with Crippen molar-refractivity contribution < 1.29 is 9.53 Å². The van der Waals surface area contributed by atoms with Crippen LogP contribution in [-0.2, 0) is 18.3 Å². The predicted molar refractivity (Wildman–Crippen MR) is 108 cm³/mol. The van der Waals surface area contributed by atoms with Gasteiger partial charge in [0.25, 0.3) is 5.91 Å². The van der Waals surface area contributed by atoms with Crippen molar-refractivity contribution in [3.8, 4) is 0 Å². The highest BCUT2D eigenvalue weighted by atomic mass is 16.5. The van der Waals surface area contributed by atoms with E-state index in [1.807, 2.05) is 49.1 Å². The number of fused-ring (bicyclic) bond motifs is 1. The van der Waals surface area contributed by atoms with Crippen LogP contribution in [0.15, 0.2) is 36.7 Å². The molecule has 3 aromatic rings. The molecule has 1 atom stereocenters. The van der Waals surface area contributed by atoms with E-state index in [-0.39, 0.29) is 11.9 Å². The molecule has 4 rings (SSSR count). The molecule has 2 aromatic heterocycles. The number of morpholine rings is 1. The first-order valence-corrected chi connectivity index (χ1v) is 9.69. The molecule has 0 aliphatic carbocycles. The number of carbonyl (C=O) groups excluding carboxylic acids is 1. The van der Waals surface area contributed by atoms with Gasteiger partial charge >= 0.3 is 0 Å². The highest BCUT2D eigenvalue weighted by Crippen LogP contribution is 2.23. The lowest BCUT2D eigenvalue weighted by atomic mass is 10.1. The van der Waals surface area contributed by atoms with E-state index in [1.54, 1.807) is 6.20 Å². The summed E-state index contributed by atoms with van der Waals surface area (Å²) in [5.74, 6) is 0.844. The third kappa shape index (κ3) is 3.87. The van der Waals surface area contributed by atoms with Gasteiger partial charge in [0.05, 0.1) is 24.2 Å². The summed E-state index contributed by atoms with van der Waals surface area (Å²) < 4.78 is 9.38. The summed E-state index contributed by atoms with van der Waals surface area (Å²) >= 11 is 0. The molecule has 1 aromatic carbocycles. The topological polar surface area (TPSA) is 77.2 Å². The molecule has 0 radical (unpaired) electrons. The Morgan fingerprint density at radius 2 is 2.14 bits per heavy atom. The summed E-state index contributed by atoms with van der Waals surface area (Å²) in [7, 11) is 2.01. The first-order valence-electron chi connectivity index (χ1n) is 9.69. The normalized spacial score (nSPS) is 15.7. The molecule has 148 valence electrons. The minimum absolute atomic E-state index is 0.0556. The number of hydrogen-bond acceptors (Lipinski definition) is 5. The first kappa shape index (κ1) is 18.5. The minimum atomic E-state index is -0.0755. The second kappa shape index (κ2) is 8.02. The highest BCUT2D eigenvalue weighted by molar-refractivity contribution is 5.97. The molecule has 8 heteroatoms. The number of hydrogen-bond donors (Lipinski definition) is 1. The number of anilines is 1. The molecule has 1 fully saturated rings. The van der Waals surface area contributed by atoms with Crippen LogP contribution in [0.5, 0.6) is 0 Å². The van der Waals surface area contributed by atoms with E-state index in [0.717, 1.165) is 43.0 Å². The molecular weight excluding hydrogens is 356 g/mol. The zero-order valence-corrected chi connectivity index (χ0v) is 16.3. The number of rotatable bonds is 6. The third-order valence-electron chi connectivity index (χ3n) is 5.14. The van der Waals surface area contributed by atoms with Crippen LogP contribution in [0.3, 0.4) is 0 Å². The van der Waals surface area contributed by atoms with Crippen molar-refractivity contribution in [3.63, 3.8) is 0 Å². The molecule has 0 saturated carbocycles. The summed E-state index contributed by atoms with van der Waals surface area (Å²) in [6.07, 6.45) is 4.51. The molecular formula is C20H26N6O2. The predicted octanol–water partition coefficient (Wildman–Crippen LogP) is 1.81. The molecule has 1 aliphatic heterocycles. The van der Waals surface area contributed by atoms with E-state index >= 15 is 0 Å². The van der Waals surface area contributed by atoms with Crippen LogP contribution >= 0.6 is 0 Å². The lowest BCUT2D eigenvalue weighted by molar-refractivity contribution is 0.0937. The van der Waals surface area contributed by atoms with Gasteiger partial charge in [0.2, 0.25) is 5.95 Å². The number of nitrogens with zero attached hydrogens (tertiary/aromatic N) is 5. The summed E-state index contributed by atoms with van der Waals surface area (Å²) in [5.41, 5.74) is 2.48. The van der Waals surface area contributed by atoms with Gasteiger partial charge in [-0.3, -0.25) is 9.48 Å². The third-order valence-corrected chi connectivity index (χ3v) is 5.14. The van der Waals surface area contributed by atoms with Crippen molar-refractivity contribution in [1.82, 2.24) is 24.6 Å². The van der Waals surface area contributed by atoms with Gasteiger partial charge in [-0.2, -0.15) is 5.10 Å². The quantitative estimate of drug-likeness (QED) is 0.704. The van der Waals surface area contributed by atoms with Gasteiger partial charge < -0.3 is 19.5 Å². The number of amides is 1. The minimum Gasteiger partial charge on any atom is -0.378 e. The Morgan fingerprint density at radius 3 is 2.89 bits per heavy atom. The van der Waals surface area contributed by atoms with Gasteiger partial charge in [-0.25, -0.2) is 4.98 Å². The van der Waals surface area contributed by atoms with Crippen molar-refractivity contribution in [1.29, 1.82) is 0 Å². The summed E-state index contributed by atoms with van der Waals surface area (Å²) in [6.45, 7) is 5.88. The maximum absolute atomic E-state index is 12.7. The van der Waals surface area contributed by atoms with Gasteiger partial charge in [0.1, 0.15) is 0 Å². The molecule has 1 amide bonds. The van der Waals surface area contributed by atoms with Crippen LogP contribution in [0.25, 0.3) is 11.0 Å². The number of aromatic nitrogens is 4.